The van der Waals surface area contributed by atoms with Crippen LogP contribution in [0.5, 0.6) is 0 Å². The van der Waals surface area contributed by atoms with E-state index in [1.807, 2.05) is 0 Å². The molecule has 0 aromatic rings. The first-order valence-electron chi connectivity index (χ1n) is 4.59. The second-order valence-corrected chi connectivity index (χ2v) is 4.11. The fraction of sp³-hybridized carbons (Fsp3) is 1.00. The topological polar surface area (TPSA) is 38.5 Å². The van der Waals surface area contributed by atoms with E-state index in [9.17, 15) is 0 Å². The van der Waals surface area contributed by atoms with E-state index in [1.54, 1.807) is 7.11 Å². The molecule has 1 heterocycles. The first kappa shape index (κ1) is 12.9. The normalized spacial score (nSPS) is 29.3. The summed E-state index contributed by atoms with van der Waals surface area (Å²) in [6.45, 7) is 7.17. The minimum absolute atomic E-state index is 0. The van der Waals surface area contributed by atoms with Crippen molar-refractivity contribution in [3.05, 3.63) is 0 Å². The number of methoxy groups -OCH3 is 1. The Balaban J connectivity index is 0.00000144. The number of nitrogens with two attached hydrogens (primary N) is 1. The highest BCUT2D eigenvalue weighted by Gasteiger charge is 2.35. The van der Waals surface area contributed by atoms with Crippen molar-refractivity contribution in [3.8, 4) is 0 Å². The number of likely N-dealkylation sites (tertiary alicyclic amines) is 1. The van der Waals surface area contributed by atoms with E-state index in [0.717, 1.165) is 19.5 Å². The van der Waals surface area contributed by atoms with Crippen molar-refractivity contribution in [2.24, 2.45) is 5.73 Å². The van der Waals surface area contributed by atoms with Crippen LogP contribution in [0.15, 0.2) is 0 Å². The molecular weight excluding hydrogens is 164 g/mol. The van der Waals surface area contributed by atoms with Crippen LogP contribution in [0.4, 0.5) is 0 Å². The van der Waals surface area contributed by atoms with Gasteiger partial charge in [-0.15, -0.1) is 0 Å². The molecule has 13 heavy (non-hydrogen) atoms. The molecule has 1 saturated heterocycles. The van der Waals surface area contributed by atoms with Gasteiger partial charge in [0.25, 0.3) is 0 Å². The quantitative estimate of drug-likeness (QED) is 0.720. The van der Waals surface area contributed by atoms with E-state index in [4.69, 9.17) is 10.5 Å². The van der Waals surface area contributed by atoms with Crippen LogP contribution in [0.3, 0.4) is 0 Å². The maximum Gasteiger partial charge on any atom is 0.0655 e. The van der Waals surface area contributed by atoms with Crippen molar-refractivity contribution in [1.29, 1.82) is 0 Å². The Morgan fingerprint density at radius 3 is 2.54 bits per heavy atom. The lowest BCUT2D eigenvalue weighted by atomic mass is 10.0. The lowest BCUT2D eigenvalue weighted by Crippen LogP contribution is -2.47. The number of ether oxygens (including phenoxy) is 1. The van der Waals surface area contributed by atoms with Crippen LogP contribution in [-0.4, -0.2) is 43.3 Å². The fourth-order valence-corrected chi connectivity index (χ4v) is 1.77. The van der Waals surface area contributed by atoms with Crippen molar-refractivity contribution in [1.82, 2.24) is 4.90 Å². The zero-order chi connectivity index (χ0) is 9.19. The van der Waals surface area contributed by atoms with Crippen molar-refractivity contribution in [3.63, 3.8) is 0 Å². The molecule has 0 saturated carbocycles. The van der Waals surface area contributed by atoms with E-state index < -0.39 is 0 Å². The summed E-state index contributed by atoms with van der Waals surface area (Å²) in [5, 5.41) is 0. The number of hydrogen-bond acceptors (Lipinski definition) is 3. The van der Waals surface area contributed by atoms with Crippen LogP contribution in [0.1, 0.15) is 27.7 Å². The molecule has 2 N–H and O–H groups in total. The largest absolute Gasteiger partial charge is 0.383 e. The Bertz CT molecular complexity index is 150. The summed E-state index contributed by atoms with van der Waals surface area (Å²) in [6, 6.07) is 0.604. The van der Waals surface area contributed by atoms with Gasteiger partial charge in [-0.3, -0.25) is 4.90 Å². The van der Waals surface area contributed by atoms with Gasteiger partial charge in [-0.05, 0) is 20.3 Å². The van der Waals surface area contributed by atoms with Gasteiger partial charge in [0, 0.05) is 26.2 Å². The van der Waals surface area contributed by atoms with Gasteiger partial charge in [0.1, 0.15) is 0 Å². The van der Waals surface area contributed by atoms with Gasteiger partial charge in [0.05, 0.1) is 12.1 Å². The molecule has 0 spiro atoms. The van der Waals surface area contributed by atoms with Gasteiger partial charge in [-0.1, -0.05) is 7.43 Å². The lowest BCUT2D eigenvalue weighted by Gasteiger charge is -2.25. The van der Waals surface area contributed by atoms with Gasteiger partial charge in [-0.25, -0.2) is 0 Å². The standard InChI is InChI=1S/C9H20N2O.CH4/c1-8(2)11-5-4-9(10,6-11)7-12-3;/h8H,4-7,10H2,1-3H3;1H4/t9-;/m1./s1. The van der Waals surface area contributed by atoms with Crippen LogP contribution in [-0.2, 0) is 4.74 Å². The number of rotatable bonds is 3. The maximum atomic E-state index is 6.13. The van der Waals surface area contributed by atoms with Gasteiger partial charge >= 0.3 is 0 Å². The Kier molecular flexibility index (Phi) is 4.89. The summed E-state index contributed by atoms with van der Waals surface area (Å²) >= 11 is 0. The highest BCUT2D eigenvalue weighted by molar-refractivity contribution is 4.95. The Morgan fingerprint density at radius 2 is 2.15 bits per heavy atom. The molecule has 80 valence electrons. The molecule has 1 rings (SSSR count). The molecule has 0 amide bonds. The minimum Gasteiger partial charge on any atom is -0.383 e. The van der Waals surface area contributed by atoms with Crippen LogP contribution >= 0.6 is 0 Å². The minimum atomic E-state index is -0.0982. The molecule has 3 nitrogen and oxygen atoms in total. The molecule has 0 aromatic carbocycles. The Hall–Kier alpha value is -0.120. The van der Waals surface area contributed by atoms with E-state index in [-0.39, 0.29) is 13.0 Å². The third kappa shape index (κ3) is 3.25. The van der Waals surface area contributed by atoms with Crippen LogP contribution in [0.25, 0.3) is 0 Å². The summed E-state index contributed by atoms with van der Waals surface area (Å²) in [4.78, 5) is 2.40. The van der Waals surface area contributed by atoms with Crippen LogP contribution in [0, 0.1) is 0 Å². The van der Waals surface area contributed by atoms with Crippen LogP contribution < -0.4 is 5.73 Å². The molecule has 3 heteroatoms. The molecular formula is C10H24N2O. The fourth-order valence-electron chi connectivity index (χ4n) is 1.77. The Morgan fingerprint density at radius 1 is 1.54 bits per heavy atom. The zero-order valence-corrected chi connectivity index (χ0v) is 8.34. The maximum absolute atomic E-state index is 6.13. The van der Waals surface area contributed by atoms with Gasteiger partial charge < -0.3 is 10.5 Å². The van der Waals surface area contributed by atoms with E-state index in [2.05, 4.69) is 18.7 Å². The summed E-state index contributed by atoms with van der Waals surface area (Å²) in [6.07, 6.45) is 1.05. The molecule has 0 aliphatic carbocycles. The van der Waals surface area contributed by atoms with Gasteiger partial charge in [0.2, 0.25) is 0 Å². The predicted molar refractivity (Wildman–Crippen MR) is 56.9 cm³/mol. The average Bonchev–Trinajstić information content (AvgIpc) is 2.33. The SMILES string of the molecule is C.COC[C@@]1(N)CCN(C(C)C)C1. The summed E-state index contributed by atoms with van der Waals surface area (Å²) in [5.74, 6) is 0. The molecule has 1 fully saturated rings. The summed E-state index contributed by atoms with van der Waals surface area (Å²) < 4.78 is 5.11. The molecule has 1 atom stereocenters. The monoisotopic (exact) mass is 188 g/mol. The van der Waals surface area contributed by atoms with Gasteiger partial charge in [0.15, 0.2) is 0 Å². The highest BCUT2D eigenvalue weighted by atomic mass is 16.5. The third-order valence-corrected chi connectivity index (χ3v) is 2.58. The first-order valence-corrected chi connectivity index (χ1v) is 4.59. The molecule has 1 aliphatic rings. The molecule has 0 radical (unpaired) electrons. The van der Waals surface area contributed by atoms with E-state index >= 15 is 0 Å². The summed E-state index contributed by atoms with van der Waals surface area (Å²) in [7, 11) is 1.71. The molecule has 0 bridgehead atoms. The zero-order valence-electron chi connectivity index (χ0n) is 8.34. The number of hydrogen-bond donors (Lipinski definition) is 1. The predicted octanol–water partition coefficient (Wildman–Crippen LogP) is 1.08. The number of nitrogens with zero attached hydrogens (tertiary/aromatic N) is 1. The molecule has 0 aromatic heterocycles. The van der Waals surface area contributed by atoms with Crippen molar-refractivity contribution in [2.75, 3.05) is 26.8 Å². The van der Waals surface area contributed by atoms with Crippen LogP contribution in [0.2, 0.25) is 0 Å². The van der Waals surface area contributed by atoms with Crippen molar-refractivity contribution < 1.29 is 4.74 Å². The first-order chi connectivity index (χ1) is 5.57. The molecule has 0 unspecified atom stereocenters. The smallest absolute Gasteiger partial charge is 0.0655 e. The van der Waals surface area contributed by atoms with E-state index in [1.165, 1.54) is 0 Å². The second kappa shape index (κ2) is 4.94. The highest BCUT2D eigenvalue weighted by Crippen LogP contribution is 2.20. The van der Waals surface area contributed by atoms with Gasteiger partial charge in [-0.2, -0.15) is 0 Å². The third-order valence-electron chi connectivity index (χ3n) is 2.58. The van der Waals surface area contributed by atoms with E-state index in [0.29, 0.717) is 12.6 Å². The van der Waals surface area contributed by atoms with Crippen molar-refractivity contribution in [2.45, 2.75) is 39.3 Å². The second-order valence-electron chi connectivity index (χ2n) is 4.11. The lowest BCUT2D eigenvalue weighted by molar-refractivity contribution is 0.130. The van der Waals surface area contributed by atoms with Crippen molar-refractivity contribution >= 4 is 0 Å². The summed E-state index contributed by atoms with van der Waals surface area (Å²) in [5.41, 5.74) is 6.03. The average molecular weight is 188 g/mol. The Labute approximate surface area is 82.2 Å². The molecule has 1 aliphatic heterocycles.